The summed E-state index contributed by atoms with van der Waals surface area (Å²) in [5, 5.41) is 18.2. The number of carboxylic acid groups (broad SMARTS) is 1. The Labute approximate surface area is 491 Å². The van der Waals surface area contributed by atoms with E-state index < -0.39 is 52.9 Å². The first-order valence-corrected chi connectivity index (χ1v) is 26.8. The van der Waals surface area contributed by atoms with Crippen molar-refractivity contribution < 1.29 is 104 Å². The molecule has 4 N–H and O–H groups in total. The van der Waals surface area contributed by atoms with E-state index in [-0.39, 0.29) is 65.7 Å². The predicted molar refractivity (Wildman–Crippen MR) is 278 cm³/mol. The number of carboxylic acids is 1. The van der Waals surface area contributed by atoms with Gasteiger partial charge in [0, 0.05) is 126 Å². The van der Waals surface area contributed by atoms with Crippen LogP contribution in [-0.2, 0) is 34.3 Å². The van der Waals surface area contributed by atoms with Crippen molar-refractivity contribution in [3.05, 3.63) is 117 Å². The number of nitrogens with zero attached hydrogens (tertiary/aromatic N) is 5. The molecule has 0 aromatic heterocycles. The first kappa shape index (κ1) is 69.0. The zero-order valence-electron chi connectivity index (χ0n) is 44.5. The molecule has 81 heavy (non-hydrogen) atoms. The van der Waals surface area contributed by atoms with Crippen LogP contribution in [0.4, 0.5) is 75.4 Å². The Bertz CT molecular complexity index is 2560. The van der Waals surface area contributed by atoms with Gasteiger partial charge in [0.2, 0.25) is 5.91 Å². The summed E-state index contributed by atoms with van der Waals surface area (Å²) >= 11 is 11.3. The number of anilines is 4. The van der Waals surface area contributed by atoms with Crippen molar-refractivity contribution in [2.75, 3.05) is 112 Å². The first-order chi connectivity index (χ1) is 37.2. The molecule has 4 saturated heterocycles. The topological polar surface area (TPSA) is 114 Å². The number of amides is 1. The SMILES string of the molecule is FC(F)(F)c1cc(NC2CC[NH2+]CC2)ccc1Cl.O=C(CCCN1CCN(c2ccc(C(F)(F)F)cc2)CC1)N1CCC(Nc2ccc(Cl)c(C(F)(F)F)c2)CC1.O=C([O-])CCCN1CCN(c2ccc(C(F)(F)F)cc2)CC1.[Cl-].[Li+]. The van der Waals surface area contributed by atoms with Crippen LogP contribution in [0.15, 0.2) is 84.9 Å². The fourth-order valence-electron chi connectivity index (χ4n) is 9.72. The maximum atomic E-state index is 13.1. The van der Waals surface area contributed by atoms with Crippen molar-refractivity contribution in [1.29, 1.82) is 0 Å². The molecule has 4 aromatic rings. The number of rotatable bonds is 14. The minimum atomic E-state index is -4.52. The smallest absolute Gasteiger partial charge is 1.00 e. The maximum absolute atomic E-state index is 13.1. The van der Waals surface area contributed by atoms with Gasteiger partial charge in [0.05, 0.1) is 45.4 Å². The average molecular weight is 1210 g/mol. The number of halogens is 15. The standard InChI is InChI=1S/C27H31ClF6N4O.C15H19F3N2O2.C12H14ClF3N2.ClH.Li/c28-24-8-5-21(18-23(24)27(32,33)34)35-20-9-12-38(13-10-20)25(39)2-1-11-36-14-16-37(17-15-36)22-6-3-19(4-7-22)26(29,30)31;16-15(17,18)12-3-5-13(6-4-12)20-10-8-19(9-11-20)7-1-2-14(21)22;13-11-2-1-9(7-10(11)12(14,15)16)18-8-3-5-17-6-4-8;;/h3-8,18,20,35H,1-2,9-17H2;3-6H,1-2,7-11H2,(H,21,22);1-2,7-8,17-18H,3-6H2;1H;/q;;;;+1/p-1. The van der Waals surface area contributed by atoms with Gasteiger partial charge in [-0.3, -0.25) is 14.6 Å². The first-order valence-electron chi connectivity index (χ1n) is 26.1. The summed E-state index contributed by atoms with van der Waals surface area (Å²) in [7, 11) is 0. The number of alkyl halides is 12. The van der Waals surface area contributed by atoms with Crippen LogP contribution >= 0.6 is 23.2 Å². The number of likely N-dealkylation sites (tertiary alicyclic amines) is 1. The van der Waals surface area contributed by atoms with E-state index in [1.54, 1.807) is 6.07 Å². The Morgan fingerprint density at radius 2 is 0.889 bits per heavy atom. The Morgan fingerprint density at radius 3 is 1.25 bits per heavy atom. The Balaban J connectivity index is 0.000000284. The molecule has 0 unspecified atom stereocenters. The normalized spacial score (nSPS) is 17.1. The molecule has 4 aliphatic rings. The Kier molecular flexibility index (Phi) is 26.8. The summed E-state index contributed by atoms with van der Waals surface area (Å²) in [5.41, 5.74) is -0.559. The molecule has 0 atom stereocenters. The summed E-state index contributed by atoms with van der Waals surface area (Å²) in [6.45, 7) is 10.5. The fraction of sp³-hybridized carbons (Fsp3) is 0.519. The van der Waals surface area contributed by atoms with Gasteiger partial charge in [-0.05, 0) is 130 Å². The van der Waals surface area contributed by atoms with Gasteiger partial charge >= 0.3 is 43.6 Å². The van der Waals surface area contributed by atoms with E-state index in [4.69, 9.17) is 23.2 Å². The van der Waals surface area contributed by atoms with Crippen LogP contribution in [0.5, 0.6) is 0 Å². The molecule has 27 heteroatoms. The van der Waals surface area contributed by atoms with Crippen LogP contribution in [0, 0.1) is 0 Å². The molecule has 0 aliphatic carbocycles. The number of carbonyl (C=O) groups excluding carboxylic acids is 2. The van der Waals surface area contributed by atoms with E-state index in [0.29, 0.717) is 76.2 Å². The number of benzene rings is 4. The summed E-state index contributed by atoms with van der Waals surface area (Å²) in [6.07, 6.45) is -12.6. The van der Waals surface area contributed by atoms with Crippen LogP contribution in [0.2, 0.25) is 10.0 Å². The monoisotopic (exact) mass is 1210 g/mol. The molecule has 11 nitrogen and oxygen atoms in total. The van der Waals surface area contributed by atoms with Gasteiger partial charge in [0.15, 0.2) is 0 Å². The van der Waals surface area contributed by atoms with E-state index in [2.05, 4.69) is 30.7 Å². The molecule has 0 saturated carbocycles. The molecule has 0 radical (unpaired) electrons. The second kappa shape index (κ2) is 31.4. The van der Waals surface area contributed by atoms with E-state index in [0.717, 1.165) is 120 Å². The van der Waals surface area contributed by atoms with Gasteiger partial charge in [-0.15, -0.1) is 0 Å². The van der Waals surface area contributed by atoms with E-state index in [9.17, 15) is 67.4 Å². The van der Waals surface area contributed by atoms with Crippen molar-refractivity contribution in [2.45, 2.75) is 88.2 Å². The van der Waals surface area contributed by atoms with Crippen LogP contribution in [0.25, 0.3) is 0 Å². The van der Waals surface area contributed by atoms with Crippen molar-refractivity contribution in [1.82, 2.24) is 14.7 Å². The average Bonchev–Trinajstić information content (AvgIpc) is 3.40. The maximum Gasteiger partial charge on any atom is 1.00 e. The summed E-state index contributed by atoms with van der Waals surface area (Å²) in [5.74, 6) is -0.967. The zero-order valence-corrected chi connectivity index (χ0v) is 46.8. The van der Waals surface area contributed by atoms with Crippen molar-refractivity contribution in [3.8, 4) is 0 Å². The number of hydrogen-bond donors (Lipinski definition) is 3. The summed E-state index contributed by atoms with van der Waals surface area (Å²) in [6, 6.07) is 18.4. The number of piperazine rings is 2. The molecule has 4 fully saturated rings. The third-order valence-corrected chi connectivity index (χ3v) is 14.8. The molecule has 0 spiro atoms. The van der Waals surface area contributed by atoms with Gasteiger partial charge in [0.25, 0.3) is 0 Å². The number of carbonyl (C=O) groups is 2. The van der Waals surface area contributed by atoms with E-state index >= 15 is 0 Å². The van der Waals surface area contributed by atoms with Crippen LogP contribution < -0.4 is 62.1 Å². The molecule has 4 heterocycles. The summed E-state index contributed by atoms with van der Waals surface area (Å²) in [4.78, 5) is 33.4. The molecule has 1 amide bonds. The number of quaternary nitrogens is 1. The third-order valence-electron chi connectivity index (χ3n) is 14.2. The van der Waals surface area contributed by atoms with Gasteiger partial charge in [0.1, 0.15) is 0 Å². The minimum absolute atomic E-state index is 0. The molecule has 4 aromatic carbocycles. The van der Waals surface area contributed by atoms with E-state index in [1.165, 1.54) is 42.5 Å². The third kappa shape index (κ3) is 22.2. The summed E-state index contributed by atoms with van der Waals surface area (Å²) < 4.78 is 153. The fourth-order valence-corrected chi connectivity index (χ4v) is 10.2. The second-order valence-electron chi connectivity index (χ2n) is 19.8. The van der Waals surface area contributed by atoms with Crippen LogP contribution in [-0.4, -0.2) is 130 Å². The van der Waals surface area contributed by atoms with Crippen molar-refractivity contribution in [2.24, 2.45) is 0 Å². The largest absolute Gasteiger partial charge is 1.00 e. The van der Waals surface area contributed by atoms with Gasteiger partial charge < -0.3 is 53.0 Å². The Morgan fingerprint density at radius 1 is 0.519 bits per heavy atom. The van der Waals surface area contributed by atoms with Crippen LogP contribution in [0.3, 0.4) is 0 Å². The number of piperidine rings is 2. The quantitative estimate of drug-likeness (QED) is 0.126. The Hall–Kier alpha value is -4.47. The molecule has 444 valence electrons. The number of hydrogen-bond acceptors (Lipinski definition) is 9. The predicted octanol–water partition coefficient (Wildman–Crippen LogP) is 4.24. The molecule has 8 rings (SSSR count). The van der Waals surface area contributed by atoms with Crippen molar-refractivity contribution in [3.63, 3.8) is 0 Å². The molecular formula is C54H64Cl3F12LiN8O3. The van der Waals surface area contributed by atoms with Gasteiger partial charge in [-0.1, -0.05) is 23.2 Å². The number of nitrogens with one attached hydrogen (secondary N) is 2. The van der Waals surface area contributed by atoms with E-state index in [1.807, 2.05) is 9.80 Å². The van der Waals surface area contributed by atoms with Gasteiger partial charge in [-0.25, -0.2) is 0 Å². The zero-order chi connectivity index (χ0) is 57.5. The molecule has 4 aliphatic heterocycles. The number of aliphatic carboxylic acids is 1. The second-order valence-corrected chi connectivity index (χ2v) is 20.6. The molecular weight excluding hydrogens is 1150 g/mol. The minimum Gasteiger partial charge on any atom is -1.00 e. The number of nitrogens with two attached hydrogens (primary N) is 1. The van der Waals surface area contributed by atoms with Crippen molar-refractivity contribution >= 4 is 57.8 Å². The van der Waals surface area contributed by atoms with Crippen LogP contribution in [0.1, 0.15) is 73.6 Å². The molecule has 0 bridgehead atoms. The van der Waals surface area contributed by atoms with Gasteiger partial charge in [-0.2, -0.15) is 52.7 Å².